The molecule has 0 unspecified atom stereocenters. The van der Waals surface area contributed by atoms with Gasteiger partial charge < -0.3 is 0 Å². The van der Waals surface area contributed by atoms with Gasteiger partial charge in [0.1, 0.15) is 0 Å². The van der Waals surface area contributed by atoms with Crippen LogP contribution in [0.1, 0.15) is 140 Å². The van der Waals surface area contributed by atoms with Gasteiger partial charge in [-0.05, 0) is 0 Å². The zero-order valence-corrected chi connectivity index (χ0v) is 17.8. The van der Waals surface area contributed by atoms with E-state index >= 15 is 0 Å². The molecule has 0 amide bonds. The highest BCUT2D eigenvalue weighted by Crippen LogP contribution is 1.89. The molecule has 0 heterocycles. The smallest absolute Gasteiger partial charge is 0.0538 e. The van der Waals surface area contributed by atoms with E-state index < -0.39 is 0 Å². The van der Waals surface area contributed by atoms with Gasteiger partial charge in [-0.3, -0.25) is 0 Å². The predicted molar refractivity (Wildman–Crippen MR) is 108 cm³/mol. The Morgan fingerprint density at radius 3 is 0.429 bits per heavy atom. The molecule has 0 heteroatoms. The minimum atomic E-state index is 1.32. The molecular formula is C21H52. The Hall–Kier alpha value is 0. The van der Waals surface area contributed by atoms with Crippen molar-refractivity contribution in [3.05, 3.63) is 0 Å². The van der Waals surface area contributed by atoms with Crippen LogP contribution in [-0.2, 0) is 0 Å². The van der Waals surface area contributed by atoms with Gasteiger partial charge in [-0.2, -0.15) is 0 Å². The van der Waals surface area contributed by atoms with E-state index in [0.717, 1.165) is 0 Å². The van der Waals surface area contributed by atoms with Crippen LogP contribution in [0.15, 0.2) is 0 Å². The molecule has 0 atom stereocenters. The van der Waals surface area contributed by atoms with Gasteiger partial charge in [0, 0.05) is 0 Å². The average molecular weight is 305 g/mol. The Balaban J connectivity index is -0.0000000522. The molecule has 0 saturated heterocycles. The molecule has 0 nitrogen and oxygen atoms in total. The second-order valence-corrected chi connectivity index (χ2v) is 5.06. The Morgan fingerprint density at radius 2 is 0.429 bits per heavy atom. The van der Waals surface area contributed by atoms with Crippen LogP contribution in [0.5, 0.6) is 0 Å². The van der Waals surface area contributed by atoms with E-state index in [1.807, 2.05) is 13.8 Å². The van der Waals surface area contributed by atoms with Crippen molar-refractivity contribution in [2.75, 3.05) is 0 Å². The molecule has 0 aromatic rings. The first-order valence-electron chi connectivity index (χ1n) is 10.2. The van der Waals surface area contributed by atoms with Crippen LogP contribution in [0.4, 0.5) is 0 Å². The summed E-state index contributed by atoms with van der Waals surface area (Å²) in [6, 6.07) is 0. The Kier molecular flexibility index (Phi) is 93.2. The molecule has 136 valence electrons. The van der Waals surface area contributed by atoms with Gasteiger partial charge in [0.25, 0.3) is 0 Å². The maximum absolute atomic E-state index is 2.21. The lowest BCUT2D eigenvalue weighted by Gasteiger charge is -1.79. The van der Waals surface area contributed by atoms with E-state index in [0.29, 0.717) is 0 Å². The third-order valence-electron chi connectivity index (χ3n) is 2.62. The normalized spacial score (nSPS) is 7.71. The molecule has 0 saturated carbocycles. The summed E-state index contributed by atoms with van der Waals surface area (Å²) in [6.07, 6.45) is 14.9. The summed E-state index contributed by atoms with van der Waals surface area (Å²) in [5.74, 6) is 0. The van der Waals surface area contributed by atoms with Crippen molar-refractivity contribution in [2.45, 2.75) is 140 Å². The quantitative estimate of drug-likeness (QED) is 0.439. The molecule has 0 spiro atoms. The SMILES string of the molecule is CC.CCCC.CCCCC.CCCCC.CCCCC. The lowest BCUT2D eigenvalue weighted by molar-refractivity contribution is 0.772. The number of hydrogen-bond donors (Lipinski definition) is 0. The molecule has 0 fully saturated rings. The molecule has 0 bridgehead atoms. The molecule has 21 heavy (non-hydrogen) atoms. The maximum Gasteiger partial charge on any atom is -0.0538 e. The summed E-state index contributed by atoms with van der Waals surface area (Å²) in [4.78, 5) is 0. The van der Waals surface area contributed by atoms with Crippen molar-refractivity contribution in [1.82, 2.24) is 0 Å². The number of rotatable bonds is 7. The zero-order chi connectivity index (χ0) is 17.8. The topological polar surface area (TPSA) is 0 Å². The van der Waals surface area contributed by atoms with Crippen LogP contribution in [0.2, 0.25) is 0 Å². The van der Waals surface area contributed by atoms with Crippen LogP contribution >= 0.6 is 0 Å². The van der Waals surface area contributed by atoms with Crippen LogP contribution in [0.3, 0.4) is 0 Å². The molecule has 0 rings (SSSR count). The molecule has 0 aliphatic carbocycles. The second-order valence-electron chi connectivity index (χ2n) is 5.06. The first-order chi connectivity index (χ1) is 10.2. The Bertz CT molecular complexity index is 53.8. The number of unbranched alkanes of at least 4 members (excludes halogenated alkanes) is 7. The molecular weight excluding hydrogens is 252 g/mol. The second kappa shape index (κ2) is 59.7. The van der Waals surface area contributed by atoms with Gasteiger partial charge in [-0.15, -0.1) is 0 Å². The lowest BCUT2D eigenvalue weighted by atomic mass is 10.3. The fraction of sp³-hybridized carbons (Fsp3) is 1.00. The monoisotopic (exact) mass is 304 g/mol. The maximum atomic E-state index is 2.21. The van der Waals surface area contributed by atoms with Gasteiger partial charge in [-0.25, -0.2) is 0 Å². The van der Waals surface area contributed by atoms with Crippen LogP contribution in [0, 0.1) is 0 Å². The molecule has 0 aromatic carbocycles. The molecule has 0 aliphatic rings. The number of hydrogen-bond acceptors (Lipinski definition) is 0. The van der Waals surface area contributed by atoms with Crippen molar-refractivity contribution in [3.8, 4) is 0 Å². The van der Waals surface area contributed by atoms with Gasteiger partial charge in [0.2, 0.25) is 0 Å². The first kappa shape index (κ1) is 32.8. The zero-order valence-electron chi connectivity index (χ0n) is 17.8. The molecule has 0 aromatic heterocycles. The average Bonchev–Trinajstić information content (AvgIpc) is 2.53. The highest BCUT2D eigenvalue weighted by molar-refractivity contribution is 4.25. The van der Waals surface area contributed by atoms with E-state index in [2.05, 4.69) is 55.4 Å². The van der Waals surface area contributed by atoms with Gasteiger partial charge in [0.15, 0.2) is 0 Å². The van der Waals surface area contributed by atoms with Crippen molar-refractivity contribution < 1.29 is 0 Å². The van der Waals surface area contributed by atoms with Gasteiger partial charge in [0.05, 0.1) is 0 Å². The van der Waals surface area contributed by atoms with Gasteiger partial charge >= 0.3 is 0 Å². The Morgan fingerprint density at radius 1 is 0.286 bits per heavy atom. The van der Waals surface area contributed by atoms with Crippen molar-refractivity contribution in [2.24, 2.45) is 0 Å². The summed E-state index contributed by atoms with van der Waals surface area (Å²) in [6.45, 7) is 21.6. The highest BCUT2D eigenvalue weighted by Gasteiger charge is 1.69. The Labute approximate surface area is 140 Å². The van der Waals surface area contributed by atoms with Crippen molar-refractivity contribution in [1.29, 1.82) is 0 Å². The summed E-state index contributed by atoms with van der Waals surface area (Å²) in [5, 5.41) is 0. The minimum Gasteiger partial charge on any atom is -0.0683 e. The molecule has 0 radical (unpaired) electrons. The van der Waals surface area contributed by atoms with Crippen LogP contribution in [-0.4, -0.2) is 0 Å². The molecule has 0 N–H and O–H groups in total. The van der Waals surface area contributed by atoms with Crippen LogP contribution < -0.4 is 0 Å². The highest BCUT2D eigenvalue weighted by atomic mass is 13.8. The summed E-state index contributed by atoms with van der Waals surface area (Å²) < 4.78 is 0. The van der Waals surface area contributed by atoms with E-state index in [1.54, 1.807) is 0 Å². The molecule has 0 aliphatic heterocycles. The predicted octanol–water partition coefficient (Wildman–Crippen LogP) is 9.42. The first-order valence-corrected chi connectivity index (χ1v) is 10.2. The standard InChI is InChI=1S/3C5H12.C4H10.C2H6/c3*1-3-5-4-2;1-3-4-2;1-2/h3*3-5H2,1-2H3;3-4H2,1-2H3;1-2H3. The lowest BCUT2D eigenvalue weighted by Crippen LogP contribution is -1.59. The third-order valence-corrected chi connectivity index (χ3v) is 2.62. The minimum absolute atomic E-state index is 1.32. The van der Waals surface area contributed by atoms with E-state index in [1.165, 1.54) is 70.6 Å². The van der Waals surface area contributed by atoms with Crippen molar-refractivity contribution >= 4 is 0 Å². The largest absolute Gasteiger partial charge is 0.0683 e. The summed E-state index contributed by atoms with van der Waals surface area (Å²) in [7, 11) is 0. The van der Waals surface area contributed by atoms with E-state index in [-0.39, 0.29) is 0 Å². The fourth-order valence-electron chi connectivity index (χ4n) is 1.06. The van der Waals surface area contributed by atoms with Gasteiger partial charge in [-0.1, -0.05) is 140 Å². The summed E-state index contributed by atoms with van der Waals surface area (Å²) in [5.41, 5.74) is 0. The van der Waals surface area contributed by atoms with E-state index in [4.69, 9.17) is 0 Å². The van der Waals surface area contributed by atoms with Crippen molar-refractivity contribution in [3.63, 3.8) is 0 Å². The van der Waals surface area contributed by atoms with E-state index in [9.17, 15) is 0 Å². The third kappa shape index (κ3) is 132. The fourth-order valence-corrected chi connectivity index (χ4v) is 1.06. The summed E-state index contributed by atoms with van der Waals surface area (Å²) >= 11 is 0. The van der Waals surface area contributed by atoms with Crippen LogP contribution in [0.25, 0.3) is 0 Å².